The molecule has 2 heteroatoms. The molecular formula is C8H17BrMg. The molecule has 0 aromatic rings. The van der Waals surface area contributed by atoms with Crippen molar-refractivity contribution in [1.82, 2.24) is 0 Å². The Bertz CT molecular complexity index is 64.3. The van der Waals surface area contributed by atoms with Gasteiger partial charge in [0, 0.05) is 0 Å². The van der Waals surface area contributed by atoms with Crippen LogP contribution in [-0.2, 0) is 0 Å². The van der Waals surface area contributed by atoms with Gasteiger partial charge >= 0.3 is 18.2 Å². The van der Waals surface area contributed by atoms with E-state index in [-0.39, 0.29) is 18.2 Å². The van der Waals surface area contributed by atoms with Gasteiger partial charge < -0.3 is 12.9 Å². The molecule has 0 aromatic carbocycles. The van der Waals surface area contributed by atoms with E-state index in [2.05, 4.69) is 26.7 Å². The molecule has 0 saturated heterocycles. The molecule has 0 aromatic heterocycles. The molecule has 0 unspecified atom stereocenters. The molecule has 0 aliphatic rings. The van der Waals surface area contributed by atoms with Crippen molar-refractivity contribution in [2.45, 2.75) is 44.1 Å². The van der Waals surface area contributed by atoms with Crippen LogP contribution in [0.1, 0.15) is 39.5 Å². The minimum Gasteiger partial charge on any atom is -0.307 e. The first-order valence-electron chi connectivity index (χ1n) is 4.33. The molecule has 0 amide bonds. The highest BCUT2D eigenvalue weighted by molar-refractivity contribution is 9.23. The molecule has 0 aliphatic heterocycles. The van der Waals surface area contributed by atoms with Gasteiger partial charge in [-0.1, -0.05) is 39.5 Å². The van der Waals surface area contributed by atoms with Crippen LogP contribution in [0.3, 0.4) is 0 Å². The van der Waals surface area contributed by atoms with Gasteiger partial charge in [0.2, 0.25) is 0 Å². The first-order chi connectivity index (χ1) is 4.77. The Morgan fingerprint density at radius 1 is 1.20 bits per heavy atom. The minimum atomic E-state index is 0.179. The summed E-state index contributed by atoms with van der Waals surface area (Å²) < 4.78 is 1.48. The number of unbranched alkanes of at least 4 members (excludes halogenated alkanes) is 2. The SMILES string of the molecule is CC(C)CCCC[CH2][Mg][Br]. The van der Waals surface area contributed by atoms with E-state index in [1.165, 1.54) is 30.2 Å². The highest BCUT2D eigenvalue weighted by atomic mass is 79.9. The summed E-state index contributed by atoms with van der Waals surface area (Å²) in [5, 5.41) is 0. The van der Waals surface area contributed by atoms with Gasteiger partial charge in [0.15, 0.2) is 0 Å². The largest absolute Gasteiger partial charge is 0.468 e. The van der Waals surface area contributed by atoms with Crippen LogP contribution < -0.4 is 0 Å². The monoisotopic (exact) mass is 216 g/mol. The maximum absolute atomic E-state index is 3.57. The van der Waals surface area contributed by atoms with E-state index in [0.29, 0.717) is 0 Å². The van der Waals surface area contributed by atoms with Gasteiger partial charge in [-0.15, -0.1) is 4.55 Å². The van der Waals surface area contributed by atoms with Gasteiger partial charge in [-0.05, 0) is 5.92 Å². The average Bonchev–Trinajstić information content (AvgIpc) is 1.87. The Kier molecular flexibility index (Phi) is 9.38. The fourth-order valence-electron chi connectivity index (χ4n) is 1.00. The first-order valence-corrected chi connectivity index (χ1v) is 9.23. The Morgan fingerprint density at radius 3 is 2.40 bits per heavy atom. The van der Waals surface area contributed by atoms with Crippen LogP contribution in [0.25, 0.3) is 0 Å². The fraction of sp³-hybridized carbons (Fsp3) is 1.00. The van der Waals surface area contributed by atoms with Crippen molar-refractivity contribution < 1.29 is 0 Å². The number of rotatable bonds is 6. The van der Waals surface area contributed by atoms with Gasteiger partial charge in [-0.25, -0.2) is 0 Å². The Labute approximate surface area is 80.7 Å². The highest BCUT2D eigenvalue weighted by Gasteiger charge is 1.94. The van der Waals surface area contributed by atoms with E-state index in [1.54, 1.807) is 0 Å². The van der Waals surface area contributed by atoms with Crippen molar-refractivity contribution in [2.75, 3.05) is 0 Å². The van der Waals surface area contributed by atoms with Crippen LogP contribution in [0, 0.1) is 5.92 Å². The number of hydrogen-bond donors (Lipinski definition) is 0. The molecule has 58 valence electrons. The van der Waals surface area contributed by atoms with Crippen LogP contribution in [0.15, 0.2) is 0 Å². The standard InChI is InChI=1S/C8H17.BrH.Mg/c1-4-5-6-7-8(2)3;;/h8H,1,4-7H2,2-3H3;1H;/q;;+1/p-1. The van der Waals surface area contributed by atoms with E-state index >= 15 is 0 Å². The minimum absolute atomic E-state index is 0.179. The summed E-state index contributed by atoms with van der Waals surface area (Å²) in [5.41, 5.74) is 0. The summed E-state index contributed by atoms with van der Waals surface area (Å²) in [6.07, 6.45) is 5.78. The molecule has 0 spiro atoms. The quantitative estimate of drug-likeness (QED) is 0.471. The van der Waals surface area contributed by atoms with E-state index in [0.717, 1.165) is 5.92 Å². The van der Waals surface area contributed by atoms with Crippen LogP contribution >= 0.6 is 12.9 Å². The predicted molar refractivity (Wildman–Crippen MR) is 52.8 cm³/mol. The summed E-state index contributed by atoms with van der Waals surface area (Å²) in [5.74, 6) is 0.904. The zero-order chi connectivity index (χ0) is 7.82. The van der Waals surface area contributed by atoms with Crippen molar-refractivity contribution in [3.63, 3.8) is 0 Å². The van der Waals surface area contributed by atoms with Crippen LogP contribution in [-0.4, -0.2) is 18.2 Å². The van der Waals surface area contributed by atoms with Crippen molar-refractivity contribution in [2.24, 2.45) is 5.92 Å². The lowest BCUT2D eigenvalue weighted by molar-refractivity contribution is 0.534. The molecule has 0 rings (SSSR count). The lowest BCUT2D eigenvalue weighted by Gasteiger charge is -2.02. The summed E-state index contributed by atoms with van der Waals surface area (Å²) in [7, 11) is 0. The zero-order valence-corrected chi connectivity index (χ0v) is 10.2. The fourth-order valence-corrected chi connectivity index (χ4v) is 2.73. The first kappa shape index (κ1) is 11.2. The highest BCUT2D eigenvalue weighted by Crippen LogP contribution is 2.09. The molecule has 0 atom stereocenters. The van der Waals surface area contributed by atoms with Gasteiger partial charge in [0.1, 0.15) is 0 Å². The second kappa shape index (κ2) is 8.34. The molecule has 0 heterocycles. The molecule has 0 nitrogen and oxygen atoms in total. The van der Waals surface area contributed by atoms with Crippen LogP contribution in [0.5, 0.6) is 0 Å². The van der Waals surface area contributed by atoms with E-state index in [4.69, 9.17) is 0 Å². The smallest absolute Gasteiger partial charge is 0.307 e. The van der Waals surface area contributed by atoms with Gasteiger partial charge in [0.25, 0.3) is 0 Å². The molecule has 0 fully saturated rings. The summed E-state index contributed by atoms with van der Waals surface area (Å²) in [6, 6.07) is 0. The third-order valence-corrected chi connectivity index (χ3v) is 4.11. The van der Waals surface area contributed by atoms with Crippen molar-refractivity contribution >= 4 is 31.1 Å². The van der Waals surface area contributed by atoms with Crippen molar-refractivity contribution in [1.29, 1.82) is 0 Å². The van der Waals surface area contributed by atoms with Gasteiger partial charge in [0.05, 0.1) is 0 Å². The van der Waals surface area contributed by atoms with E-state index in [1.807, 2.05) is 0 Å². The molecule has 0 N–H and O–H groups in total. The van der Waals surface area contributed by atoms with E-state index in [9.17, 15) is 0 Å². The molecule has 0 aliphatic carbocycles. The normalized spacial score (nSPS) is 10.0. The van der Waals surface area contributed by atoms with E-state index < -0.39 is 0 Å². The second-order valence-corrected chi connectivity index (χ2v) is 6.75. The Hall–Kier alpha value is 1.25. The third kappa shape index (κ3) is 9.25. The predicted octanol–water partition coefficient (Wildman–Crippen LogP) is 3.64. The number of halogens is 1. The molecule has 0 saturated carbocycles. The molecule has 10 heavy (non-hydrogen) atoms. The Morgan fingerprint density at radius 2 is 1.90 bits per heavy atom. The van der Waals surface area contributed by atoms with Gasteiger partial charge in [-0.3, -0.25) is 0 Å². The summed E-state index contributed by atoms with van der Waals surface area (Å²) >= 11 is 3.75. The van der Waals surface area contributed by atoms with Crippen LogP contribution in [0.4, 0.5) is 0 Å². The zero-order valence-electron chi connectivity index (χ0n) is 7.20. The molecule has 0 bridgehead atoms. The summed E-state index contributed by atoms with van der Waals surface area (Å²) in [4.78, 5) is 0. The second-order valence-electron chi connectivity index (χ2n) is 3.29. The number of hydrogen-bond acceptors (Lipinski definition) is 0. The Balaban J connectivity index is 2.77. The maximum Gasteiger partial charge on any atom is 0.468 e. The lowest BCUT2D eigenvalue weighted by atomic mass is 10.1. The maximum atomic E-state index is 3.57. The van der Waals surface area contributed by atoms with Gasteiger partial charge in [-0.2, -0.15) is 0 Å². The molecular weight excluding hydrogens is 200 g/mol. The average molecular weight is 217 g/mol. The third-order valence-electron chi connectivity index (χ3n) is 1.67. The summed E-state index contributed by atoms with van der Waals surface area (Å²) in [6.45, 7) is 4.61. The lowest BCUT2D eigenvalue weighted by Crippen LogP contribution is -1.87. The van der Waals surface area contributed by atoms with Crippen molar-refractivity contribution in [3.8, 4) is 0 Å². The van der Waals surface area contributed by atoms with Crippen LogP contribution in [0.2, 0.25) is 4.55 Å². The molecule has 0 radical (unpaired) electrons. The topological polar surface area (TPSA) is 0 Å². The van der Waals surface area contributed by atoms with Crippen molar-refractivity contribution in [3.05, 3.63) is 0 Å².